The van der Waals surface area contributed by atoms with Crippen LogP contribution < -0.4 is 9.47 Å². The molecule has 2 saturated carbocycles. The van der Waals surface area contributed by atoms with Gasteiger partial charge < -0.3 is 14.6 Å². The van der Waals surface area contributed by atoms with Gasteiger partial charge in [-0.25, -0.2) is 9.97 Å². The topological polar surface area (TPSA) is 94.4 Å². The Hall–Kier alpha value is -2.35. The van der Waals surface area contributed by atoms with Crippen molar-refractivity contribution in [1.82, 2.24) is 15.0 Å². The van der Waals surface area contributed by atoms with Crippen LogP contribution in [0.5, 0.6) is 11.8 Å². The third-order valence-electron chi connectivity index (χ3n) is 6.34. The zero-order chi connectivity index (χ0) is 20.9. The van der Waals surface area contributed by atoms with Gasteiger partial charge in [-0.15, -0.1) is 0 Å². The Balaban J connectivity index is 0.00000272. The molecule has 1 atom stereocenters. The van der Waals surface area contributed by atoms with Crippen molar-refractivity contribution in [2.45, 2.75) is 56.8 Å². The summed E-state index contributed by atoms with van der Waals surface area (Å²) in [6.07, 6.45) is 11.9. The molecule has 0 radical (unpaired) electrons. The van der Waals surface area contributed by atoms with Crippen molar-refractivity contribution in [3.63, 3.8) is 0 Å². The molecule has 8 heteroatoms. The fraction of sp³-hybridized carbons (Fsp3) is 0.565. The van der Waals surface area contributed by atoms with Gasteiger partial charge in [0.25, 0.3) is 0 Å². The zero-order valence-electron chi connectivity index (χ0n) is 17.9. The summed E-state index contributed by atoms with van der Waals surface area (Å²) in [5.74, 6) is 1.87. The number of hydrogen-bond donors (Lipinski definition) is 1. The molecule has 2 aliphatic carbocycles. The number of aliphatic carboxylic acids is 1. The minimum Gasteiger partial charge on any atom is -0.481 e. The van der Waals surface area contributed by atoms with E-state index in [1.54, 1.807) is 19.5 Å². The van der Waals surface area contributed by atoms with Crippen LogP contribution in [-0.4, -0.2) is 39.7 Å². The smallest absolute Gasteiger partial charge is 0.303 e. The number of carboxylic acid groups (broad SMARTS) is 1. The second kappa shape index (κ2) is 10.8. The molecule has 0 aromatic carbocycles. The lowest BCUT2D eigenvalue weighted by atomic mass is 9.81. The van der Waals surface area contributed by atoms with Crippen LogP contribution in [0, 0.1) is 11.8 Å². The first kappa shape index (κ1) is 23.3. The predicted octanol–water partition coefficient (Wildman–Crippen LogP) is 4.31. The molecule has 0 saturated heterocycles. The average molecular weight is 446 g/mol. The average Bonchev–Trinajstić information content (AvgIpc) is 3.62. The minimum absolute atomic E-state index is 0. The second-order valence-electron chi connectivity index (χ2n) is 8.48. The largest absolute Gasteiger partial charge is 0.481 e. The second-order valence-corrected chi connectivity index (χ2v) is 8.48. The molecule has 2 heterocycles. The Kier molecular flexibility index (Phi) is 8.12. The molecule has 0 aliphatic heterocycles. The number of pyridine rings is 1. The summed E-state index contributed by atoms with van der Waals surface area (Å²) in [5.41, 5.74) is 2.04. The summed E-state index contributed by atoms with van der Waals surface area (Å²) in [7, 11) is 1.61. The van der Waals surface area contributed by atoms with E-state index < -0.39 is 5.97 Å². The Morgan fingerprint density at radius 1 is 1.16 bits per heavy atom. The number of carbonyl (C=O) groups is 1. The Morgan fingerprint density at radius 2 is 1.94 bits per heavy atom. The van der Waals surface area contributed by atoms with Crippen molar-refractivity contribution in [3.8, 4) is 11.8 Å². The molecular weight excluding hydrogens is 414 g/mol. The van der Waals surface area contributed by atoms with Crippen LogP contribution in [-0.2, 0) is 4.79 Å². The van der Waals surface area contributed by atoms with Crippen LogP contribution in [0.1, 0.15) is 68.0 Å². The van der Waals surface area contributed by atoms with Crippen molar-refractivity contribution in [1.29, 1.82) is 0 Å². The van der Waals surface area contributed by atoms with Crippen LogP contribution in [0.15, 0.2) is 30.7 Å². The first-order valence-corrected chi connectivity index (χ1v) is 10.8. The Bertz CT molecular complexity index is 869. The van der Waals surface area contributed by atoms with Crippen LogP contribution >= 0.6 is 13.5 Å². The summed E-state index contributed by atoms with van der Waals surface area (Å²) in [5, 5.41) is 9.24. The number of aromatic nitrogens is 3. The van der Waals surface area contributed by atoms with Crippen molar-refractivity contribution in [2.75, 3.05) is 13.7 Å². The van der Waals surface area contributed by atoms with E-state index >= 15 is 0 Å². The van der Waals surface area contributed by atoms with E-state index in [0.29, 0.717) is 36.1 Å². The summed E-state index contributed by atoms with van der Waals surface area (Å²) in [6, 6.07) is 3.86. The highest BCUT2D eigenvalue weighted by atomic mass is 32.1. The fourth-order valence-corrected chi connectivity index (χ4v) is 4.46. The SMILES string of the molecule is COc1cncc(C2CCC(COc3cc([C@@H](CC(=O)O)C4CC4)ccn3)CC2)n1.S. The maximum atomic E-state index is 11.2. The third kappa shape index (κ3) is 6.32. The standard InChI is InChI=1S/C23H29N3O4.H2S/c1-29-22-13-24-12-20(26-22)17-4-2-15(3-5-17)14-30-21-10-18(8-9-25-21)19(11-23(27)28)16-6-7-16;/h8-10,12-13,15-17,19H,2-7,11,14H2,1H3,(H,27,28);1H2/t15?,17?,19-;/m0./s1. The molecular formula is C23H31N3O4S. The number of hydrogen-bond acceptors (Lipinski definition) is 6. The first-order chi connectivity index (χ1) is 14.6. The van der Waals surface area contributed by atoms with Crippen LogP contribution in [0.3, 0.4) is 0 Å². The molecule has 31 heavy (non-hydrogen) atoms. The van der Waals surface area contributed by atoms with Crippen molar-refractivity contribution in [2.24, 2.45) is 11.8 Å². The van der Waals surface area contributed by atoms with E-state index in [9.17, 15) is 9.90 Å². The number of carboxylic acids is 1. The lowest BCUT2D eigenvalue weighted by molar-refractivity contribution is -0.137. The van der Waals surface area contributed by atoms with Gasteiger partial charge in [0.1, 0.15) is 0 Å². The molecule has 4 rings (SSSR count). The zero-order valence-corrected chi connectivity index (χ0v) is 18.9. The van der Waals surface area contributed by atoms with E-state index in [0.717, 1.165) is 49.8 Å². The van der Waals surface area contributed by atoms with E-state index in [1.807, 2.05) is 18.3 Å². The number of ether oxygens (including phenoxy) is 2. The Morgan fingerprint density at radius 3 is 2.61 bits per heavy atom. The van der Waals surface area contributed by atoms with Gasteiger partial charge in [0.2, 0.25) is 11.8 Å². The van der Waals surface area contributed by atoms with Gasteiger partial charge in [-0.3, -0.25) is 9.78 Å². The predicted molar refractivity (Wildman–Crippen MR) is 121 cm³/mol. The van der Waals surface area contributed by atoms with E-state index in [2.05, 4.69) is 15.0 Å². The lowest BCUT2D eigenvalue weighted by Crippen LogP contribution is -2.20. The first-order valence-electron chi connectivity index (χ1n) is 10.8. The maximum Gasteiger partial charge on any atom is 0.303 e. The summed E-state index contributed by atoms with van der Waals surface area (Å²) >= 11 is 0. The number of rotatable bonds is 9. The molecule has 0 bridgehead atoms. The van der Waals surface area contributed by atoms with Gasteiger partial charge in [0, 0.05) is 24.4 Å². The molecule has 2 aromatic rings. The summed E-state index contributed by atoms with van der Waals surface area (Å²) in [6.45, 7) is 0.639. The highest BCUT2D eigenvalue weighted by Gasteiger charge is 2.34. The molecule has 0 spiro atoms. The normalized spacial score (nSPS) is 21.6. The quantitative estimate of drug-likeness (QED) is 0.614. The monoisotopic (exact) mass is 445 g/mol. The minimum atomic E-state index is -0.747. The van der Waals surface area contributed by atoms with Crippen LogP contribution in [0.2, 0.25) is 0 Å². The van der Waals surface area contributed by atoms with Gasteiger partial charge >= 0.3 is 5.97 Å². The summed E-state index contributed by atoms with van der Waals surface area (Å²) in [4.78, 5) is 24.3. The molecule has 2 aromatic heterocycles. The van der Waals surface area contributed by atoms with Crippen LogP contribution in [0.4, 0.5) is 0 Å². The van der Waals surface area contributed by atoms with E-state index in [4.69, 9.17) is 9.47 Å². The molecule has 2 aliphatic rings. The maximum absolute atomic E-state index is 11.2. The highest BCUT2D eigenvalue weighted by molar-refractivity contribution is 7.59. The third-order valence-corrected chi connectivity index (χ3v) is 6.34. The van der Waals surface area contributed by atoms with Gasteiger partial charge in [0.05, 0.1) is 32.0 Å². The van der Waals surface area contributed by atoms with Crippen molar-refractivity contribution in [3.05, 3.63) is 42.0 Å². The molecule has 1 N–H and O–H groups in total. The number of nitrogens with zero attached hydrogens (tertiary/aromatic N) is 3. The van der Waals surface area contributed by atoms with Crippen molar-refractivity contribution < 1.29 is 19.4 Å². The van der Waals surface area contributed by atoms with E-state index in [1.165, 1.54) is 0 Å². The number of methoxy groups -OCH3 is 1. The highest BCUT2D eigenvalue weighted by Crippen LogP contribution is 2.45. The van der Waals surface area contributed by atoms with Crippen LogP contribution in [0.25, 0.3) is 0 Å². The Labute approximate surface area is 190 Å². The van der Waals surface area contributed by atoms with Gasteiger partial charge in [-0.1, -0.05) is 0 Å². The van der Waals surface area contributed by atoms with Crippen molar-refractivity contribution >= 4 is 19.5 Å². The lowest BCUT2D eigenvalue weighted by Gasteiger charge is -2.28. The fourth-order valence-electron chi connectivity index (χ4n) is 4.46. The molecule has 7 nitrogen and oxygen atoms in total. The summed E-state index contributed by atoms with van der Waals surface area (Å²) < 4.78 is 11.2. The molecule has 0 unspecified atom stereocenters. The molecule has 2 fully saturated rings. The van der Waals surface area contributed by atoms with E-state index in [-0.39, 0.29) is 25.8 Å². The van der Waals surface area contributed by atoms with Gasteiger partial charge in [-0.05, 0) is 67.9 Å². The molecule has 0 amide bonds. The van der Waals surface area contributed by atoms with Gasteiger partial charge in [-0.2, -0.15) is 13.5 Å². The molecule has 168 valence electrons. The van der Waals surface area contributed by atoms with Gasteiger partial charge in [0.15, 0.2) is 0 Å².